The molecule has 118 valence electrons. The Labute approximate surface area is 132 Å². The summed E-state index contributed by atoms with van der Waals surface area (Å²) in [5, 5.41) is 0. The summed E-state index contributed by atoms with van der Waals surface area (Å²) in [5.74, 6) is 1.64. The van der Waals surface area contributed by atoms with Crippen LogP contribution in [0.2, 0.25) is 0 Å². The summed E-state index contributed by atoms with van der Waals surface area (Å²) in [6.45, 7) is 4.04. The van der Waals surface area contributed by atoms with Crippen LogP contribution < -0.4 is 20.9 Å². The maximum Gasteiger partial charge on any atom is 0.119 e. The summed E-state index contributed by atoms with van der Waals surface area (Å²) in [7, 11) is 3.31. The highest BCUT2D eigenvalue weighted by atomic mass is 16.5. The quantitative estimate of drug-likeness (QED) is 0.890. The van der Waals surface area contributed by atoms with Crippen LogP contribution in [0.25, 0.3) is 0 Å². The molecule has 0 aliphatic heterocycles. The fourth-order valence-corrected chi connectivity index (χ4v) is 2.69. The fraction of sp³-hybridized carbons (Fsp3) is 0.333. The van der Waals surface area contributed by atoms with E-state index >= 15 is 0 Å². The molecule has 0 saturated carbocycles. The van der Waals surface area contributed by atoms with E-state index in [9.17, 15) is 0 Å². The molecule has 2 atom stereocenters. The monoisotopic (exact) mass is 300 g/mol. The summed E-state index contributed by atoms with van der Waals surface area (Å²) < 4.78 is 10.5. The third-order valence-electron chi connectivity index (χ3n) is 4.06. The molecule has 0 saturated heterocycles. The van der Waals surface area contributed by atoms with Gasteiger partial charge in [-0.1, -0.05) is 12.1 Å². The first-order valence-corrected chi connectivity index (χ1v) is 7.28. The Balaban J connectivity index is 2.30. The lowest BCUT2D eigenvalue weighted by Gasteiger charge is -2.24. The highest BCUT2D eigenvalue weighted by molar-refractivity contribution is 5.41. The smallest absolute Gasteiger partial charge is 0.119 e. The van der Waals surface area contributed by atoms with E-state index in [-0.39, 0.29) is 12.1 Å². The van der Waals surface area contributed by atoms with Gasteiger partial charge in [-0.3, -0.25) is 0 Å². The van der Waals surface area contributed by atoms with Crippen molar-refractivity contribution in [3.8, 4) is 11.5 Å². The van der Waals surface area contributed by atoms with Crippen LogP contribution in [0.4, 0.5) is 0 Å². The highest BCUT2D eigenvalue weighted by Crippen LogP contribution is 2.31. The molecule has 4 heteroatoms. The second-order valence-electron chi connectivity index (χ2n) is 5.50. The van der Waals surface area contributed by atoms with E-state index in [1.807, 2.05) is 50.2 Å². The van der Waals surface area contributed by atoms with Crippen molar-refractivity contribution >= 4 is 0 Å². The minimum Gasteiger partial charge on any atom is -0.497 e. The summed E-state index contributed by atoms with van der Waals surface area (Å²) in [6.07, 6.45) is 0. The zero-order valence-corrected chi connectivity index (χ0v) is 13.6. The van der Waals surface area contributed by atoms with Gasteiger partial charge >= 0.3 is 0 Å². The van der Waals surface area contributed by atoms with Gasteiger partial charge in [0.25, 0.3) is 0 Å². The van der Waals surface area contributed by atoms with Gasteiger partial charge < -0.3 is 20.9 Å². The molecule has 0 heterocycles. The second kappa shape index (κ2) is 6.81. The van der Waals surface area contributed by atoms with E-state index in [2.05, 4.69) is 0 Å². The third-order valence-corrected chi connectivity index (χ3v) is 4.06. The molecule has 2 aromatic rings. The molecule has 0 bridgehead atoms. The molecule has 4 nitrogen and oxygen atoms in total. The SMILES string of the molecule is COc1ccc([C@@H](N)[C@@H](N)c2ccc(OC)cc2C)c(C)c1. The molecule has 0 unspecified atom stereocenters. The van der Waals surface area contributed by atoms with Crippen LogP contribution in [0.5, 0.6) is 11.5 Å². The molecule has 0 spiro atoms. The number of rotatable bonds is 5. The summed E-state index contributed by atoms with van der Waals surface area (Å²) in [4.78, 5) is 0. The minimum atomic E-state index is -0.280. The predicted molar refractivity (Wildman–Crippen MR) is 89.3 cm³/mol. The van der Waals surface area contributed by atoms with Crippen molar-refractivity contribution in [2.75, 3.05) is 14.2 Å². The number of hydrogen-bond acceptors (Lipinski definition) is 4. The Bertz CT molecular complexity index is 598. The molecule has 0 fully saturated rings. The topological polar surface area (TPSA) is 70.5 Å². The zero-order chi connectivity index (χ0) is 16.3. The van der Waals surface area contributed by atoms with E-state index in [0.717, 1.165) is 33.8 Å². The number of nitrogens with two attached hydrogens (primary N) is 2. The Morgan fingerprint density at radius 2 is 1.09 bits per heavy atom. The van der Waals surface area contributed by atoms with Crippen molar-refractivity contribution < 1.29 is 9.47 Å². The molecular formula is C18H24N2O2. The standard InChI is InChI=1S/C18H24N2O2/c1-11-9-13(21-3)5-7-15(11)17(19)18(20)16-8-6-14(22-4)10-12(16)2/h5-10,17-18H,19-20H2,1-4H3/t17-,18+. The summed E-state index contributed by atoms with van der Waals surface area (Å²) >= 11 is 0. The Morgan fingerprint density at radius 1 is 0.727 bits per heavy atom. The van der Waals surface area contributed by atoms with Gasteiger partial charge in [0.1, 0.15) is 11.5 Å². The van der Waals surface area contributed by atoms with E-state index in [1.54, 1.807) is 14.2 Å². The lowest BCUT2D eigenvalue weighted by atomic mass is 9.90. The van der Waals surface area contributed by atoms with Gasteiger partial charge in [-0.25, -0.2) is 0 Å². The molecule has 0 aromatic heterocycles. The first-order valence-electron chi connectivity index (χ1n) is 7.28. The first-order chi connectivity index (χ1) is 10.5. The molecule has 0 amide bonds. The van der Waals surface area contributed by atoms with Gasteiger partial charge in [0, 0.05) is 12.1 Å². The van der Waals surface area contributed by atoms with Crippen LogP contribution in [-0.4, -0.2) is 14.2 Å². The van der Waals surface area contributed by atoms with Crippen LogP contribution in [0.15, 0.2) is 36.4 Å². The Hall–Kier alpha value is -2.04. The Morgan fingerprint density at radius 3 is 1.36 bits per heavy atom. The van der Waals surface area contributed by atoms with Gasteiger partial charge in [0.15, 0.2) is 0 Å². The average Bonchev–Trinajstić information content (AvgIpc) is 2.53. The molecule has 2 aromatic carbocycles. The van der Waals surface area contributed by atoms with Crippen LogP contribution in [0.1, 0.15) is 34.3 Å². The van der Waals surface area contributed by atoms with Crippen molar-refractivity contribution in [3.63, 3.8) is 0 Å². The predicted octanol–water partition coefficient (Wildman–Crippen LogP) is 3.02. The van der Waals surface area contributed by atoms with E-state index in [0.29, 0.717) is 0 Å². The van der Waals surface area contributed by atoms with Gasteiger partial charge in [-0.15, -0.1) is 0 Å². The fourth-order valence-electron chi connectivity index (χ4n) is 2.69. The van der Waals surface area contributed by atoms with E-state index in [1.165, 1.54) is 0 Å². The molecule has 0 aliphatic carbocycles. The van der Waals surface area contributed by atoms with Crippen molar-refractivity contribution in [2.45, 2.75) is 25.9 Å². The van der Waals surface area contributed by atoms with E-state index < -0.39 is 0 Å². The van der Waals surface area contributed by atoms with Crippen LogP contribution in [0, 0.1) is 13.8 Å². The zero-order valence-electron chi connectivity index (χ0n) is 13.6. The van der Waals surface area contributed by atoms with Crippen molar-refractivity contribution in [1.29, 1.82) is 0 Å². The lowest BCUT2D eigenvalue weighted by molar-refractivity contribution is 0.413. The number of aryl methyl sites for hydroxylation is 2. The maximum absolute atomic E-state index is 6.41. The number of hydrogen-bond donors (Lipinski definition) is 2. The van der Waals surface area contributed by atoms with Crippen molar-refractivity contribution in [2.24, 2.45) is 11.5 Å². The molecule has 0 aliphatic rings. The molecule has 4 N–H and O–H groups in total. The van der Waals surface area contributed by atoms with Gasteiger partial charge in [0.2, 0.25) is 0 Å². The number of methoxy groups -OCH3 is 2. The first kappa shape index (κ1) is 16.3. The van der Waals surface area contributed by atoms with Crippen molar-refractivity contribution in [3.05, 3.63) is 58.7 Å². The largest absolute Gasteiger partial charge is 0.497 e. The normalized spacial score (nSPS) is 13.5. The van der Waals surface area contributed by atoms with Gasteiger partial charge in [0.05, 0.1) is 14.2 Å². The van der Waals surface area contributed by atoms with Crippen LogP contribution >= 0.6 is 0 Å². The van der Waals surface area contributed by atoms with Crippen LogP contribution in [-0.2, 0) is 0 Å². The Kier molecular flexibility index (Phi) is 5.06. The maximum atomic E-state index is 6.41. The summed E-state index contributed by atoms with van der Waals surface area (Å²) in [5.41, 5.74) is 17.0. The molecule has 0 radical (unpaired) electrons. The van der Waals surface area contributed by atoms with Gasteiger partial charge in [-0.2, -0.15) is 0 Å². The molecule has 22 heavy (non-hydrogen) atoms. The average molecular weight is 300 g/mol. The third kappa shape index (κ3) is 3.24. The number of benzene rings is 2. The van der Waals surface area contributed by atoms with Crippen molar-refractivity contribution in [1.82, 2.24) is 0 Å². The van der Waals surface area contributed by atoms with E-state index in [4.69, 9.17) is 20.9 Å². The second-order valence-corrected chi connectivity index (χ2v) is 5.50. The van der Waals surface area contributed by atoms with Gasteiger partial charge in [-0.05, 0) is 60.4 Å². The summed E-state index contributed by atoms with van der Waals surface area (Å²) in [6, 6.07) is 11.2. The highest BCUT2D eigenvalue weighted by Gasteiger charge is 2.21. The lowest BCUT2D eigenvalue weighted by Crippen LogP contribution is -2.27. The molecule has 2 rings (SSSR count). The van der Waals surface area contributed by atoms with Crippen LogP contribution in [0.3, 0.4) is 0 Å². The minimum absolute atomic E-state index is 0.280. The molecular weight excluding hydrogens is 276 g/mol. The number of ether oxygens (including phenoxy) is 2.